The molecule has 1 aliphatic carbocycles. The summed E-state index contributed by atoms with van der Waals surface area (Å²) in [6, 6.07) is -0.547. The van der Waals surface area contributed by atoms with Gasteiger partial charge in [0.2, 0.25) is 0 Å². The largest absolute Gasteiger partial charge is 0.414 e. The smallest absolute Gasteiger partial charge is 0.293 e. The van der Waals surface area contributed by atoms with E-state index in [1.165, 1.54) is 6.08 Å². The van der Waals surface area contributed by atoms with Crippen molar-refractivity contribution in [1.29, 1.82) is 0 Å². The molecule has 2 aliphatic rings. The highest BCUT2D eigenvalue weighted by Gasteiger charge is 2.40. The van der Waals surface area contributed by atoms with Gasteiger partial charge in [0.05, 0.1) is 11.6 Å². The summed E-state index contributed by atoms with van der Waals surface area (Å²) in [5, 5.41) is 0. The van der Waals surface area contributed by atoms with E-state index in [1.54, 1.807) is 6.08 Å². The third-order valence-corrected chi connectivity index (χ3v) is 3.22. The Hall–Kier alpha value is -0.770. The van der Waals surface area contributed by atoms with Crippen molar-refractivity contribution in [3.8, 4) is 0 Å². The fraction of sp³-hybridized carbons (Fsp3) is 0.667. The predicted octanol–water partition coefficient (Wildman–Crippen LogP) is 3.29. The van der Waals surface area contributed by atoms with E-state index < -0.39 is 12.2 Å². The van der Waals surface area contributed by atoms with Crippen molar-refractivity contribution in [3.63, 3.8) is 0 Å². The molecule has 1 atom stereocenters. The van der Waals surface area contributed by atoms with Crippen LogP contribution in [0.25, 0.3) is 0 Å². The van der Waals surface area contributed by atoms with E-state index in [9.17, 15) is 13.2 Å². The first-order chi connectivity index (χ1) is 7.59. The lowest BCUT2D eigenvalue weighted by Gasteiger charge is -2.36. The zero-order valence-corrected chi connectivity index (χ0v) is 9.13. The van der Waals surface area contributed by atoms with Gasteiger partial charge in [-0.1, -0.05) is 24.6 Å². The second-order valence-corrected chi connectivity index (χ2v) is 4.36. The lowest BCUT2D eigenvalue weighted by molar-refractivity contribution is -0.100. The third kappa shape index (κ3) is 2.48. The van der Waals surface area contributed by atoms with Gasteiger partial charge in [-0.3, -0.25) is 4.90 Å². The standard InChI is InChI=1S/C12H16F3N/c13-12(14,15)10-6-2-3-7-11(10)16-8-4-1-5-9-16/h3,6-7,11H,1-2,4-5,8-9H2. The average molecular weight is 231 g/mol. The molecular weight excluding hydrogens is 215 g/mol. The molecule has 1 fully saturated rings. The van der Waals surface area contributed by atoms with Gasteiger partial charge in [-0.25, -0.2) is 0 Å². The Balaban J connectivity index is 2.14. The fourth-order valence-electron chi connectivity index (χ4n) is 2.43. The van der Waals surface area contributed by atoms with Crippen molar-refractivity contribution in [1.82, 2.24) is 4.90 Å². The van der Waals surface area contributed by atoms with Crippen LogP contribution < -0.4 is 0 Å². The number of rotatable bonds is 1. The molecule has 0 saturated carbocycles. The van der Waals surface area contributed by atoms with Crippen molar-refractivity contribution in [2.24, 2.45) is 0 Å². The maximum atomic E-state index is 12.8. The minimum Gasteiger partial charge on any atom is -0.293 e. The lowest BCUT2D eigenvalue weighted by atomic mass is 9.96. The predicted molar refractivity (Wildman–Crippen MR) is 57.1 cm³/mol. The highest BCUT2D eigenvalue weighted by atomic mass is 19.4. The molecular formula is C12H16F3N. The van der Waals surface area contributed by atoms with E-state index in [2.05, 4.69) is 0 Å². The molecule has 0 spiro atoms. The van der Waals surface area contributed by atoms with Crippen LogP contribution in [0.5, 0.6) is 0 Å². The molecule has 0 bridgehead atoms. The van der Waals surface area contributed by atoms with Crippen LogP contribution in [0.15, 0.2) is 23.8 Å². The van der Waals surface area contributed by atoms with Gasteiger partial charge < -0.3 is 0 Å². The van der Waals surface area contributed by atoms with E-state index in [0.29, 0.717) is 6.42 Å². The second-order valence-electron chi connectivity index (χ2n) is 4.36. The van der Waals surface area contributed by atoms with Crippen molar-refractivity contribution < 1.29 is 13.2 Å². The van der Waals surface area contributed by atoms with Crippen molar-refractivity contribution in [2.45, 2.75) is 37.9 Å². The number of likely N-dealkylation sites (tertiary alicyclic amines) is 1. The van der Waals surface area contributed by atoms with Gasteiger partial charge in [-0.2, -0.15) is 13.2 Å². The summed E-state index contributed by atoms with van der Waals surface area (Å²) in [7, 11) is 0. The van der Waals surface area contributed by atoms with E-state index in [0.717, 1.165) is 32.4 Å². The van der Waals surface area contributed by atoms with Gasteiger partial charge in [-0.15, -0.1) is 0 Å². The Bertz CT molecular complexity index is 298. The van der Waals surface area contributed by atoms with Gasteiger partial charge in [0.15, 0.2) is 0 Å². The summed E-state index contributed by atoms with van der Waals surface area (Å²) in [4.78, 5) is 1.94. The normalized spacial score (nSPS) is 27.9. The topological polar surface area (TPSA) is 3.24 Å². The van der Waals surface area contributed by atoms with Crippen LogP contribution in [0, 0.1) is 0 Å². The van der Waals surface area contributed by atoms with Crippen LogP contribution in [0.3, 0.4) is 0 Å². The molecule has 0 aromatic carbocycles. The summed E-state index contributed by atoms with van der Waals surface area (Å²) < 4.78 is 38.5. The Kier molecular flexibility index (Phi) is 3.38. The van der Waals surface area contributed by atoms with E-state index >= 15 is 0 Å². The molecule has 0 aromatic heterocycles. The quantitative estimate of drug-likeness (QED) is 0.626. The molecule has 0 radical (unpaired) electrons. The molecule has 1 aliphatic heterocycles. The number of allylic oxidation sites excluding steroid dienone is 2. The first-order valence-electron chi connectivity index (χ1n) is 5.77. The Morgan fingerprint density at radius 2 is 1.81 bits per heavy atom. The summed E-state index contributed by atoms with van der Waals surface area (Å²) in [6.07, 6.45) is 4.22. The molecule has 1 nitrogen and oxygen atoms in total. The van der Waals surface area contributed by atoms with Gasteiger partial charge >= 0.3 is 6.18 Å². The first kappa shape index (κ1) is 11.7. The van der Waals surface area contributed by atoms with Crippen LogP contribution in [0.4, 0.5) is 13.2 Å². The molecule has 1 heterocycles. The zero-order valence-electron chi connectivity index (χ0n) is 9.13. The van der Waals surface area contributed by atoms with Crippen LogP contribution in [0.1, 0.15) is 25.7 Å². The number of nitrogens with zero attached hydrogens (tertiary/aromatic N) is 1. The fourth-order valence-corrected chi connectivity index (χ4v) is 2.43. The van der Waals surface area contributed by atoms with Crippen LogP contribution in [0.2, 0.25) is 0 Å². The molecule has 2 rings (SSSR count). The zero-order chi connectivity index (χ0) is 11.6. The molecule has 0 N–H and O–H groups in total. The molecule has 1 saturated heterocycles. The average Bonchev–Trinajstić information content (AvgIpc) is 2.29. The van der Waals surface area contributed by atoms with Gasteiger partial charge in [0.1, 0.15) is 0 Å². The van der Waals surface area contributed by atoms with Gasteiger partial charge in [0.25, 0.3) is 0 Å². The number of hydrogen-bond acceptors (Lipinski definition) is 1. The van der Waals surface area contributed by atoms with E-state index in [1.807, 2.05) is 11.0 Å². The van der Waals surface area contributed by atoms with Crippen LogP contribution in [-0.2, 0) is 0 Å². The number of hydrogen-bond donors (Lipinski definition) is 0. The molecule has 1 unspecified atom stereocenters. The maximum absolute atomic E-state index is 12.8. The Labute approximate surface area is 93.6 Å². The highest BCUT2D eigenvalue weighted by Crippen LogP contribution is 2.34. The molecule has 0 aromatic rings. The van der Waals surface area contributed by atoms with Crippen molar-refractivity contribution >= 4 is 0 Å². The molecule has 4 heteroatoms. The van der Waals surface area contributed by atoms with Crippen molar-refractivity contribution in [2.75, 3.05) is 13.1 Å². The summed E-state index contributed by atoms with van der Waals surface area (Å²) in [5.74, 6) is 0. The number of halogens is 3. The number of alkyl halides is 3. The molecule has 90 valence electrons. The third-order valence-electron chi connectivity index (χ3n) is 3.22. The first-order valence-corrected chi connectivity index (χ1v) is 5.77. The summed E-state index contributed by atoms with van der Waals surface area (Å²) in [6.45, 7) is 1.56. The van der Waals surface area contributed by atoms with Gasteiger partial charge in [0, 0.05) is 0 Å². The second kappa shape index (κ2) is 4.62. The Morgan fingerprint density at radius 3 is 2.44 bits per heavy atom. The van der Waals surface area contributed by atoms with Gasteiger partial charge in [-0.05, 0) is 32.4 Å². The van der Waals surface area contributed by atoms with Crippen molar-refractivity contribution in [3.05, 3.63) is 23.8 Å². The molecule has 0 amide bonds. The number of piperidine rings is 1. The SMILES string of the molecule is FC(F)(F)C1=CCC=CC1N1CCCCC1. The summed E-state index contributed by atoms with van der Waals surface area (Å²) in [5.41, 5.74) is -0.378. The molecule has 16 heavy (non-hydrogen) atoms. The highest BCUT2D eigenvalue weighted by molar-refractivity contribution is 5.28. The monoisotopic (exact) mass is 231 g/mol. The van der Waals surface area contributed by atoms with E-state index in [-0.39, 0.29) is 5.57 Å². The minimum absolute atomic E-state index is 0.378. The maximum Gasteiger partial charge on any atom is 0.414 e. The minimum atomic E-state index is -4.19. The summed E-state index contributed by atoms with van der Waals surface area (Å²) >= 11 is 0. The van der Waals surface area contributed by atoms with Crippen LogP contribution in [-0.4, -0.2) is 30.2 Å². The lowest BCUT2D eigenvalue weighted by Crippen LogP contribution is -2.43. The Morgan fingerprint density at radius 1 is 1.12 bits per heavy atom. The van der Waals surface area contributed by atoms with Crippen LogP contribution >= 0.6 is 0 Å². The van der Waals surface area contributed by atoms with E-state index in [4.69, 9.17) is 0 Å².